The summed E-state index contributed by atoms with van der Waals surface area (Å²) >= 11 is 0. The lowest BCUT2D eigenvalue weighted by Crippen LogP contribution is -2.37. The molecule has 3 aromatic rings. The third kappa shape index (κ3) is 2.35. The van der Waals surface area contributed by atoms with E-state index in [-0.39, 0.29) is 5.69 Å². The minimum atomic E-state index is -0.341. The highest BCUT2D eigenvalue weighted by Crippen LogP contribution is 2.23. The van der Waals surface area contributed by atoms with Gasteiger partial charge in [-0.05, 0) is 17.7 Å². The number of aromatic amines is 2. The number of benzene rings is 1. The molecule has 2 aromatic heterocycles. The van der Waals surface area contributed by atoms with Gasteiger partial charge < -0.3 is 14.6 Å². The van der Waals surface area contributed by atoms with Crippen molar-refractivity contribution in [1.29, 1.82) is 0 Å². The van der Waals surface area contributed by atoms with Gasteiger partial charge in [-0.3, -0.25) is 5.10 Å². The van der Waals surface area contributed by atoms with Crippen LogP contribution in [0.2, 0.25) is 0 Å². The molecule has 0 bridgehead atoms. The summed E-state index contributed by atoms with van der Waals surface area (Å²) in [6, 6.07) is 7.81. The number of hydrogen-bond donors (Lipinski definition) is 2. The van der Waals surface area contributed by atoms with Gasteiger partial charge in [-0.15, -0.1) is 0 Å². The number of fused-ring (bicyclic) bond motifs is 1. The molecule has 7 heteroatoms. The van der Waals surface area contributed by atoms with Crippen LogP contribution >= 0.6 is 0 Å². The summed E-state index contributed by atoms with van der Waals surface area (Å²) in [6.45, 7) is 2.81. The molecule has 1 aliphatic heterocycles. The molecule has 3 heterocycles. The maximum Gasteiger partial charge on any atom is 0.347 e. The van der Waals surface area contributed by atoms with Crippen LogP contribution < -0.4 is 10.6 Å². The van der Waals surface area contributed by atoms with Gasteiger partial charge >= 0.3 is 5.69 Å². The number of aromatic nitrogens is 4. The first kappa shape index (κ1) is 13.0. The molecule has 0 amide bonds. The summed E-state index contributed by atoms with van der Waals surface area (Å²) < 4.78 is 5.34. The molecular weight excluding hydrogens is 282 g/mol. The van der Waals surface area contributed by atoms with Crippen LogP contribution in [0.1, 0.15) is 0 Å². The van der Waals surface area contributed by atoms with Crippen molar-refractivity contribution in [2.45, 2.75) is 0 Å². The Morgan fingerprint density at radius 2 is 2.05 bits per heavy atom. The van der Waals surface area contributed by atoms with Crippen LogP contribution in [-0.2, 0) is 4.74 Å². The molecular formula is C15H15N5O2. The van der Waals surface area contributed by atoms with Crippen LogP contribution in [0.15, 0.2) is 35.3 Å². The molecule has 0 saturated carbocycles. The van der Waals surface area contributed by atoms with E-state index in [1.807, 2.05) is 24.3 Å². The summed E-state index contributed by atoms with van der Waals surface area (Å²) in [5, 5.41) is 7.93. The number of nitrogens with one attached hydrogen (secondary N) is 2. The van der Waals surface area contributed by atoms with Gasteiger partial charge in [0.05, 0.1) is 30.6 Å². The lowest BCUT2D eigenvalue weighted by atomic mass is 10.1. The zero-order valence-electron chi connectivity index (χ0n) is 11.9. The highest BCUT2D eigenvalue weighted by atomic mass is 16.5. The number of ether oxygens (including phenoxy) is 1. The SMILES string of the molecule is O=c1nc(N2CCOCC2)cc(-c2ccc3[nH]ncc3c2)[nH]1. The van der Waals surface area contributed by atoms with Crippen molar-refractivity contribution in [2.24, 2.45) is 0 Å². The average Bonchev–Trinajstić information content (AvgIpc) is 3.02. The van der Waals surface area contributed by atoms with Crippen molar-refractivity contribution in [2.75, 3.05) is 31.2 Å². The fraction of sp³-hybridized carbons (Fsp3) is 0.267. The first-order valence-electron chi connectivity index (χ1n) is 7.17. The fourth-order valence-electron chi connectivity index (χ4n) is 2.66. The van der Waals surface area contributed by atoms with E-state index in [1.165, 1.54) is 0 Å². The van der Waals surface area contributed by atoms with Crippen LogP contribution in [0, 0.1) is 0 Å². The van der Waals surface area contributed by atoms with E-state index in [1.54, 1.807) is 6.20 Å². The molecule has 0 radical (unpaired) electrons. The zero-order valence-corrected chi connectivity index (χ0v) is 11.9. The second kappa shape index (κ2) is 5.27. The Morgan fingerprint density at radius 1 is 1.18 bits per heavy atom. The van der Waals surface area contributed by atoms with Crippen LogP contribution in [0.4, 0.5) is 5.82 Å². The second-order valence-electron chi connectivity index (χ2n) is 5.23. The maximum atomic E-state index is 11.9. The minimum Gasteiger partial charge on any atom is -0.378 e. The normalized spacial score (nSPS) is 15.4. The van der Waals surface area contributed by atoms with Crippen LogP contribution in [0.5, 0.6) is 0 Å². The molecule has 0 aliphatic carbocycles. The van der Waals surface area contributed by atoms with Gasteiger partial charge in [-0.1, -0.05) is 6.07 Å². The summed E-state index contributed by atoms with van der Waals surface area (Å²) in [6.07, 6.45) is 1.76. The maximum absolute atomic E-state index is 11.9. The highest BCUT2D eigenvalue weighted by Gasteiger charge is 2.14. The predicted molar refractivity (Wildman–Crippen MR) is 83.0 cm³/mol. The monoisotopic (exact) mass is 297 g/mol. The third-order valence-corrected chi connectivity index (χ3v) is 3.82. The summed E-state index contributed by atoms with van der Waals surface area (Å²) in [4.78, 5) is 20.8. The lowest BCUT2D eigenvalue weighted by molar-refractivity contribution is 0.122. The molecule has 0 spiro atoms. The van der Waals surface area contributed by atoms with Gasteiger partial charge in [0.2, 0.25) is 0 Å². The predicted octanol–water partition coefficient (Wildman–Crippen LogP) is 1.15. The van der Waals surface area contributed by atoms with Gasteiger partial charge in [0.15, 0.2) is 0 Å². The summed E-state index contributed by atoms with van der Waals surface area (Å²) in [7, 11) is 0. The molecule has 2 N–H and O–H groups in total. The molecule has 0 atom stereocenters. The van der Waals surface area contributed by atoms with Gasteiger partial charge in [0, 0.05) is 24.5 Å². The van der Waals surface area contributed by atoms with Crippen LogP contribution in [-0.4, -0.2) is 46.5 Å². The first-order chi connectivity index (χ1) is 10.8. The van der Waals surface area contributed by atoms with Crippen molar-refractivity contribution in [3.63, 3.8) is 0 Å². The van der Waals surface area contributed by atoms with Crippen molar-refractivity contribution in [3.05, 3.63) is 40.9 Å². The Morgan fingerprint density at radius 3 is 2.91 bits per heavy atom. The number of rotatable bonds is 2. The van der Waals surface area contributed by atoms with E-state index in [4.69, 9.17) is 4.74 Å². The van der Waals surface area contributed by atoms with Crippen molar-refractivity contribution in [1.82, 2.24) is 20.2 Å². The molecule has 1 saturated heterocycles. The van der Waals surface area contributed by atoms with Crippen LogP contribution in [0.3, 0.4) is 0 Å². The molecule has 1 aliphatic rings. The largest absolute Gasteiger partial charge is 0.378 e. The lowest BCUT2D eigenvalue weighted by Gasteiger charge is -2.27. The van der Waals surface area contributed by atoms with Gasteiger partial charge in [-0.25, -0.2) is 4.79 Å². The molecule has 112 valence electrons. The van der Waals surface area contributed by atoms with Crippen LogP contribution in [0.25, 0.3) is 22.2 Å². The molecule has 4 rings (SSSR count). The van der Waals surface area contributed by atoms with Gasteiger partial charge in [0.25, 0.3) is 0 Å². The van der Waals surface area contributed by atoms with Gasteiger partial charge in [-0.2, -0.15) is 10.1 Å². The van der Waals surface area contributed by atoms with Crippen molar-refractivity contribution < 1.29 is 4.74 Å². The highest BCUT2D eigenvalue weighted by molar-refractivity contribution is 5.83. The third-order valence-electron chi connectivity index (χ3n) is 3.82. The number of anilines is 1. The standard InChI is InChI=1S/C15H15N5O2/c21-15-17-13(8-14(18-15)20-3-5-22-6-4-20)10-1-2-12-11(7-10)9-16-19-12/h1-2,7-9H,3-6H2,(H,16,19)(H,17,18,21). The van der Waals surface area contributed by atoms with Gasteiger partial charge in [0.1, 0.15) is 5.82 Å². The minimum absolute atomic E-state index is 0.341. The fourth-order valence-corrected chi connectivity index (χ4v) is 2.66. The molecule has 1 fully saturated rings. The number of morpholine rings is 1. The van der Waals surface area contributed by atoms with Crippen molar-refractivity contribution >= 4 is 16.7 Å². The second-order valence-corrected chi connectivity index (χ2v) is 5.23. The molecule has 7 nitrogen and oxygen atoms in total. The number of H-pyrrole nitrogens is 2. The quantitative estimate of drug-likeness (QED) is 0.741. The number of nitrogens with zero attached hydrogens (tertiary/aromatic N) is 3. The topological polar surface area (TPSA) is 86.9 Å². The summed E-state index contributed by atoms with van der Waals surface area (Å²) in [5.41, 5.74) is 2.31. The van der Waals surface area contributed by atoms with E-state index in [0.29, 0.717) is 19.0 Å². The molecule has 0 unspecified atom stereocenters. The van der Waals surface area contributed by atoms with Crippen molar-refractivity contribution in [3.8, 4) is 11.3 Å². The first-order valence-corrected chi connectivity index (χ1v) is 7.17. The van der Waals surface area contributed by atoms with E-state index in [0.717, 1.165) is 35.2 Å². The smallest absolute Gasteiger partial charge is 0.347 e. The molecule has 22 heavy (non-hydrogen) atoms. The Labute approximate surface area is 125 Å². The Hall–Kier alpha value is -2.67. The number of hydrogen-bond acceptors (Lipinski definition) is 5. The Kier molecular flexibility index (Phi) is 3.12. The van der Waals surface area contributed by atoms with E-state index >= 15 is 0 Å². The zero-order chi connectivity index (χ0) is 14.9. The Bertz CT molecular complexity index is 863. The van der Waals surface area contributed by atoms with E-state index in [9.17, 15) is 4.79 Å². The average molecular weight is 297 g/mol. The van der Waals surface area contributed by atoms with E-state index < -0.39 is 0 Å². The molecule has 1 aromatic carbocycles. The summed E-state index contributed by atoms with van der Waals surface area (Å²) in [5.74, 6) is 0.689. The van der Waals surface area contributed by atoms with E-state index in [2.05, 4.69) is 25.1 Å². The Balaban J connectivity index is 1.77.